The molecule has 0 aromatic heterocycles. The number of aryl methyl sites for hydroxylation is 4. The zero-order chi connectivity index (χ0) is 36.8. The third kappa shape index (κ3) is 5.91. The first-order valence-electron chi connectivity index (χ1n) is 18.9. The first-order chi connectivity index (χ1) is 26.4. The van der Waals surface area contributed by atoms with Crippen LogP contribution < -0.4 is 0 Å². The Morgan fingerprint density at radius 3 is 0.667 bits per heavy atom. The second-order valence-corrected chi connectivity index (χ2v) is 14.7. The topological polar surface area (TPSA) is 0 Å². The summed E-state index contributed by atoms with van der Waals surface area (Å²) in [7, 11) is 0. The van der Waals surface area contributed by atoms with Crippen LogP contribution in [0.5, 0.6) is 0 Å². The summed E-state index contributed by atoms with van der Waals surface area (Å²) in [5.41, 5.74) is 20.0. The maximum Gasteiger partial charge on any atom is -0.00259 e. The van der Waals surface area contributed by atoms with Crippen molar-refractivity contribution < 1.29 is 0 Å². The fourth-order valence-corrected chi connectivity index (χ4v) is 8.50. The maximum atomic E-state index is 2.41. The van der Waals surface area contributed by atoms with Crippen LogP contribution in [0.25, 0.3) is 88.3 Å². The largest absolute Gasteiger partial charge is 0.0620 e. The van der Waals surface area contributed by atoms with E-state index in [-0.39, 0.29) is 0 Å². The lowest BCUT2D eigenvalue weighted by atomic mass is 9.82. The highest BCUT2D eigenvalue weighted by Crippen LogP contribution is 2.47. The van der Waals surface area contributed by atoms with Crippen molar-refractivity contribution in [2.45, 2.75) is 27.7 Å². The Balaban J connectivity index is 1.37. The zero-order valence-corrected chi connectivity index (χ0v) is 31.3. The lowest BCUT2D eigenvalue weighted by molar-refractivity contribution is 1.44. The van der Waals surface area contributed by atoms with Gasteiger partial charge in [-0.15, -0.1) is 0 Å². The number of rotatable bonds is 6. The van der Waals surface area contributed by atoms with Crippen LogP contribution in [0.2, 0.25) is 0 Å². The molecule has 0 unspecified atom stereocenters. The van der Waals surface area contributed by atoms with Crippen LogP contribution in [-0.4, -0.2) is 0 Å². The Kier molecular flexibility index (Phi) is 8.53. The van der Waals surface area contributed by atoms with Gasteiger partial charge in [-0.25, -0.2) is 0 Å². The van der Waals surface area contributed by atoms with Gasteiger partial charge in [0, 0.05) is 0 Å². The Hall–Kier alpha value is -6.50. The third-order valence-electron chi connectivity index (χ3n) is 11.2. The molecule has 0 atom stereocenters. The van der Waals surface area contributed by atoms with Crippen molar-refractivity contribution >= 4 is 21.5 Å². The highest BCUT2D eigenvalue weighted by atomic mass is 14.2. The van der Waals surface area contributed by atoms with Crippen molar-refractivity contribution in [1.29, 1.82) is 0 Å². The monoisotopic (exact) mass is 690 g/mol. The van der Waals surface area contributed by atoms with Crippen LogP contribution in [0.4, 0.5) is 0 Å². The fraction of sp³-hybridized carbons (Fsp3) is 0.0741. The minimum Gasteiger partial charge on any atom is -0.0620 e. The van der Waals surface area contributed by atoms with Crippen molar-refractivity contribution in [1.82, 2.24) is 0 Å². The first-order valence-corrected chi connectivity index (χ1v) is 18.9. The Labute approximate surface area is 319 Å². The van der Waals surface area contributed by atoms with Crippen LogP contribution in [-0.2, 0) is 0 Å². The van der Waals surface area contributed by atoms with Gasteiger partial charge >= 0.3 is 0 Å². The van der Waals surface area contributed by atoms with E-state index < -0.39 is 0 Å². The van der Waals surface area contributed by atoms with E-state index in [4.69, 9.17) is 0 Å². The minimum atomic E-state index is 1.22. The molecule has 258 valence electrons. The van der Waals surface area contributed by atoms with Gasteiger partial charge in [-0.05, 0) is 175 Å². The number of benzene rings is 9. The molecular formula is C54H42. The highest BCUT2D eigenvalue weighted by molar-refractivity contribution is 6.22. The van der Waals surface area contributed by atoms with E-state index >= 15 is 0 Å². The molecule has 0 heterocycles. The summed E-state index contributed by atoms with van der Waals surface area (Å²) in [6, 6.07) is 67.4. The molecule has 0 aliphatic rings. The van der Waals surface area contributed by atoms with Crippen LogP contribution in [0, 0.1) is 27.7 Å². The van der Waals surface area contributed by atoms with Gasteiger partial charge in [0.15, 0.2) is 0 Å². The lowest BCUT2D eigenvalue weighted by Gasteiger charge is -2.21. The van der Waals surface area contributed by atoms with Crippen molar-refractivity contribution in [3.05, 3.63) is 204 Å². The van der Waals surface area contributed by atoms with E-state index in [2.05, 4.69) is 210 Å². The van der Waals surface area contributed by atoms with E-state index in [1.54, 1.807) is 0 Å². The van der Waals surface area contributed by atoms with Crippen LogP contribution in [0.3, 0.4) is 0 Å². The lowest BCUT2D eigenvalue weighted by Crippen LogP contribution is -1.94. The van der Waals surface area contributed by atoms with Crippen LogP contribution in [0.15, 0.2) is 182 Å². The summed E-state index contributed by atoms with van der Waals surface area (Å²) < 4.78 is 0. The van der Waals surface area contributed by atoms with Gasteiger partial charge in [0.2, 0.25) is 0 Å². The number of fused-ring (bicyclic) bond motifs is 2. The average molecular weight is 691 g/mol. The van der Waals surface area contributed by atoms with E-state index in [1.807, 2.05) is 0 Å². The molecule has 0 bridgehead atoms. The molecule has 0 heteroatoms. The molecule has 9 aromatic rings. The SMILES string of the molecule is Cc1ccccc1-c1cc(-c2ccccc2C)cc(-c2c3ccccc3c(-c3cc(-c4ccccc4C)cc(-c4ccccc4C)c3)c3ccccc23)c1. The second-order valence-electron chi connectivity index (χ2n) is 14.7. The minimum absolute atomic E-state index is 1.22. The molecule has 0 nitrogen and oxygen atoms in total. The molecule has 0 amide bonds. The summed E-state index contributed by atoms with van der Waals surface area (Å²) in [6.07, 6.45) is 0. The average Bonchev–Trinajstić information content (AvgIpc) is 3.20. The second kappa shape index (κ2) is 13.8. The summed E-state index contributed by atoms with van der Waals surface area (Å²) in [5.74, 6) is 0. The summed E-state index contributed by atoms with van der Waals surface area (Å²) in [4.78, 5) is 0. The number of hydrogen-bond acceptors (Lipinski definition) is 0. The predicted molar refractivity (Wildman–Crippen MR) is 233 cm³/mol. The Morgan fingerprint density at radius 1 is 0.222 bits per heavy atom. The summed E-state index contributed by atoms with van der Waals surface area (Å²) >= 11 is 0. The molecule has 0 N–H and O–H groups in total. The van der Waals surface area contributed by atoms with E-state index in [0.717, 1.165) is 0 Å². The molecule has 0 aliphatic carbocycles. The zero-order valence-electron chi connectivity index (χ0n) is 31.3. The quantitative estimate of drug-likeness (QED) is 0.152. The molecule has 0 fully saturated rings. The van der Waals surface area contributed by atoms with Gasteiger partial charge in [0.1, 0.15) is 0 Å². The van der Waals surface area contributed by atoms with Crippen LogP contribution in [0.1, 0.15) is 22.3 Å². The third-order valence-corrected chi connectivity index (χ3v) is 11.2. The molecule has 0 aliphatic heterocycles. The molecule has 0 saturated heterocycles. The fourth-order valence-electron chi connectivity index (χ4n) is 8.50. The maximum absolute atomic E-state index is 2.41. The van der Waals surface area contributed by atoms with Crippen molar-refractivity contribution in [2.75, 3.05) is 0 Å². The molecule has 0 radical (unpaired) electrons. The Bertz CT molecular complexity index is 2490. The van der Waals surface area contributed by atoms with E-state index in [9.17, 15) is 0 Å². The molecular weight excluding hydrogens is 649 g/mol. The number of hydrogen-bond donors (Lipinski definition) is 0. The van der Waals surface area contributed by atoms with E-state index in [1.165, 1.54) is 111 Å². The standard InChI is InChI=1S/C54H42/c1-35-17-5-9-21-45(35)39-29-40(46-22-10-6-18-36(46)2)32-43(31-39)53-49-25-13-15-27-51(49)54(52-28-16-14-26-50(52)53)44-33-41(47-23-11-7-19-37(47)3)30-42(34-44)48-24-12-8-20-38(48)4/h5-34H,1-4H3. The molecule has 54 heavy (non-hydrogen) atoms. The predicted octanol–water partition coefficient (Wildman–Crippen LogP) is 15.2. The van der Waals surface area contributed by atoms with Crippen molar-refractivity contribution in [2.24, 2.45) is 0 Å². The Morgan fingerprint density at radius 2 is 0.426 bits per heavy atom. The molecule has 0 spiro atoms. The van der Waals surface area contributed by atoms with Gasteiger partial charge < -0.3 is 0 Å². The molecule has 9 rings (SSSR count). The van der Waals surface area contributed by atoms with Gasteiger partial charge in [0.25, 0.3) is 0 Å². The molecule has 0 saturated carbocycles. The van der Waals surface area contributed by atoms with Crippen LogP contribution >= 0.6 is 0 Å². The van der Waals surface area contributed by atoms with Crippen molar-refractivity contribution in [3.8, 4) is 66.8 Å². The highest BCUT2D eigenvalue weighted by Gasteiger charge is 2.20. The van der Waals surface area contributed by atoms with Crippen molar-refractivity contribution in [3.63, 3.8) is 0 Å². The van der Waals surface area contributed by atoms with Gasteiger partial charge in [-0.2, -0.15) is 0 Å². The normalized spacial score (nSPS) is 11.3. The van der Waals surface area contributed by atoms with E-state index in [0.29, 0.717) is 0 Å². The smallest absolute Gasteiger partial charge is 0.00259 e. The summed E-state index contributed by atoms with van der Waals surface area (Å²) in [5, 5.41) is 5.01. The van der Waals surface area contributed by atoms with Gasteiger partial charge in [-0.3, -0.25) is 0 Å². The summed E-state index contributed by atoms with van der Waals surface area (Å²) in [6.45, 7) is 8.85. The first kappa shape index (κ1) is 33.3. The van der Waals surface area contributed by atoms with Gasteiger partial charge in [0.05, 0.1) is 0 Å². The van der Waals surface area contributed by atoms with Gasteiger partial charge in [-0.1, -0.05) is 146 Å². The molecule has 9 aromatic carbocycles.